The molecule has 1 aliphatic rings. The lowest BCUT2D eigenvalue weighted by atomic mass is 10.1. The quantitative estimate of drug-likeness (QED) is 0.913. The number of rotatable bonds is 3. The fraction of sp³-hybridized carbons (Fsp3) is 0.611. The first-order valence-corrected chi connectivity index (χ1v) is 8.07. The summed E-state index contributed by atoms with van der Waals surface area (Å²) in [6.45, 7) is 11.5. The molecule has 0 saturated carbocycles. The van der Waals surface area contributed by atoms with E-state index in [1.54, 1.807) is 0 Å². The van der Waals surface area contributed by atoms with Gasteiger partial charge in [0.05, 0.1) is 6.04 Å². The third-order valence-electron chi connectivity index (χ3n) is 4.05. The molecule has 0 aliphatic carbocycles. The second kappa shape index (κ2) is 6.59. The highest BCUT2D eigenvalue weighted by molar-refractivity contribution is 5.69. The SMILES string of the molecule is Cc1ccc(NCC2CCCN2C(=O)OC(C)(C)C)cc1C. The Labute approximate surface area is 133 Å². The number of anilines is 1. The van der Waals surface area contributed by atoms with Gasteiger partial charge in [0.15, 0.2) is 0 Å². The van der Waals surface area contributed by atoms with Crippen molar-refractivity contribution in [2.75, 3.05) is 18.4 Å². The van der Waals surface area contributed by atoms with Crippen LogP contribution in [0.2, 0.25) is 0 Å². The second-order valence-corrected chi connectivity index (χ2v) is 7.15. The minimum absolute atomic E-state index is 0.197. The zero-order valence-electron chi connectivity index (χ0n) is 14.4. The first kappa shape index (κ1) is 16.7. The van der Waals surface area contributed by atoms with Crippen LogP contribution in [0.5, 0.6) is 0 Å². The molecule has 1 heterocycles. The Morgan fingerprint density at radius 3 is 2.68 bits per heavy atom. The monoisotopic (exact) mass is 304 g/mol. The average molecular weight is 304 g/mol. The van der Waals surface area contributed by atoms with Gasteiger partial charge in [-0.3, -0.25) is 0 Å². The van der Waals surface area contributed by atoms with Gasteiger partial charge < -0.3 is 15.0 Å². The van der Waals surface area contributed by atoms with E-state index in [0.717, 1.165) is 31.6 Å². The highest BCUT2D eigenvalue weighted by Gasteiger charge is 2.31. The summed E-state index contributed by atoms with van der Waals surface area (Å²) in [4.78, 5) is 14.1. The van der Waals surface area contributed by atoms with Gasteiger partial charge in [-0.05, 0) is 70.7 Å². The molecule has 0 bridgehead atoms. The first-order chi connectivity index (χ1) is 10.3. The molecule has 1 fully saturated rings. The van der Waals surface area contributed by atoms with E-state index in [2.05, 4.69) is 37.4 Å². The third-order valence-corrected chi connectivity index (χ3v) is 4.05. The van der Waals surface area contributed by atoms with Crippen molar-refractivity contribution in [3.05, 3.63) is 29.3 Å². The molecule has 122 valence electrons. The number of likely N-dealkylation sites (tertiary alicyclic amines) is 1. The minimum Gasteiger partial charge on any atom is -0.444 e. The maximum Gasteiger partial charge on any atom is 0.410 e. The van der Waals surface area contributed by atoms with Crippen molar-refractivity contribution in [2.24, 2.45) is 0 Å². The Balaban J connectivity index is 1.93. The van der Waals surface area contributed by atoms with E-state index >= 15 is 0 Å². The smallest absolute Gasteiger partial charge is 0.410 e. The van der Waals surface area contributed by atoms with E-state index in [1.807, 2.05) is 25.7 Å². The molecule has 4 heteroatoms. The fourth-order valence-electron chi connectivity index (χ4n) is 2.70. The summed E-state index contributed by atoms with van der Waals surface area (Å²) in [5.41, 5.74) is 3.24. The molecule has 22 heavy (non-hydrogen) atoms. The molecule has 0 radical (unpaired) electrons. The van der Waals surface area contributed by atoms with Gasteiger partial charge in [0.1, 0.15) is 5.60 Å². The minimum atomic E-state index is -0.439. The molecule has 1 amide bonds. The molecule has 1 atom stereocenters. The molecule has 0 spiro atoms. The molecule has 1 unspecified atom stereocenters. The number of aryl methyl sites for hydroxylation is 2. The molecule has 0 aromatic heterocycles. The highest BCUT2D eigenvalue weighted by atomic mass is 16.6. The van der Waals surface area contributed by atoms with Crippen molar-refractivity contribution in [1.29, 1.82) is 0 Å². The summed E-state index contributed by atoms with van der Waals surface area (Å²) in [6, 6.07) is 6.58. The van der Waals surface area contributed by atoms with Crippen LogP contribution in [0.15, 0.2) is 18.2 Å². The van der Waals surface area contributed by atoms with Gasteiger partial charge in [0, 0.05) is 18.8 Å². The van der Waals surface area contributed by atoms with Crippen molar-refractivity contribution >= 4 is 11.8 Å². The maximum atomic E-state index is 12.3. The van der Waals surface area contributed by atoms with Crippen molar-refractivity contribution < 1.29 is 9.53 Å². The van der Waals surface area contributed by atoms with Gasteiger partial charge >= 0.3 is 6.09 Å². The number of amides is 1. The van der Waals surface area contributed by atoms with Crippen LogP contribution in [-0.4, -0.2) is 35.7 Å². The van der Waals surface area contributed by atoms with Crippen LogP contribution in [-0.2, 0) is 4.74 Å². The van der Waals surface area contributed by atoms with Gasteiger partial charge in [-0.2, -0.15) is 0 Å². The van der Waals surface area contributed by atoms with Gasteiger partial charge in [0.2, 0.25) is 0 Å². The average Bonchev–Trinajstić information content (AvgIpc) is 2.87. The first-order valence-electron chi connectivity index (χ1n) is 8.07. The van der Waals surface area contributed by atoms with Crippen molar-refractivity contribution in [3.8, 4) is 0 Å². The lowest BCUT2D eigenvalue weighted by Gasteiger charge is -2.29. The normalized spacial score (nSPS) is 18.4. The van der Waals surface area contributed by atoms with Crippen LogP contribution in [0.25, 0.3) is 0 Å². The predicted octanol–water partition coefficient (Wildman–Crippen LogP) is 4.11. The number of carbonyl (C=O) groups is 1. The number of nitrogens with one attached hydrogen (secondary N) is 1. The maximum absolute atomic E-state index is 12.3. The molecule has 1 aromatic carbocycles. The van der Waals surface area contributed by atoms with Crippen LogP contribution in [0.1, 0.15) is 44.7 Å². The largest absolute Gasteiger partial charge is 0.444 e. The zero-order valence-corrected chi connectivity index (χ0v) is 14.4. The van der Waals surface area contributed by atoms with E-state index in [0.29, 0.717) is 0 Å². The molecular weight excluding hydrogens is 276 g/mol. The van der Waals surface area contributed by atoms with E-state index in [1.165, 1.54) is 11.1 Å². The summed E-state index contributed by atoms with van der Waals surface area (Å²) >= 11 is 0. The number of ether oxygens (including phenoxy) is 1. The Bertz CT molecular complexity index is 534. The van der Waals surface area contributed by atoms with Crippen LogP contribution in [0.3, 0.4) is 0 Å². The second-order valence-electron chi connectivity index (χ2n) is 7.15. The van der Waals surface area contributed by atoms with E-state index in [-0.39, 0.29) is 12.1 Å². The van der Waals surface area contributed by atoms with Crippen LogP contribution in [0.4, 0.5) is 10.5 Å². The lowest BCUT2D eigenvalue weighted by Crippen LogP contribution is -2.42. The Morgan fingerprint density at radius 1 is 1.32 bits per heavy atom. The summed E-state index contributed by atoms with van der Waals surface area (Å²) in [5, 5.41) is 3.45. The van der Waals surface area contributed by atoms with Crippen LogP contribution in [0, 0.1) is 13.8 Å². The van der Waals surface area contributed by atoms with Gasteiger partial charge in [-0.15, -0.1) is 0 Å². The van der Waals surface area contributed by atoms with Crippen molar-refractivity contribution in [3.63, 3.8) is 0 Å². The predicted molar refractivity (Wildman–Crippen MR) is 90.4 cm³/mol. The molecule has 2 rings (SSSR count). The number of carbonyl (C=O) groups excluding carboxylic acids is 1. The van der Waals surface area contributed by atoms with Gasteiger partial charge in [-0.1, -0.05) is 6.07 Å². The van der Waals surface area contributed by atoms with Gasteiger partial charge in [-0.25, -0.2) is 4.79 Å². The third kappa shape index (κ3) is 4.39. The van der Waals surface area contributed by atoms with E-state index in [9.17, 15) is 4.79 Å². The lowest BCUT2D eigenvalue weighted by molar-refractivity contribution is 0.0235. The summed E-state index contributed by atoms with van der Waals surface area (Å²) < 4.78 is 5.50. The zero-order chi connectivity index (χ0) is 16.3. The van der Waals surface area contributed by atoms with Crippen LogP contribution >= 0.6 is 0 Å². The summed E-state index contributed by atoms with van der Waals surface area (Å²) in [7, 11) is 0. The Morgan fingerprint density at radius 2 is 2.05 bits per heavy atom. The van der Waals surface area contributed by atoms with E-state index in [4.69, 9.17) is 4.74 Å². The number of hydrogen-bond acceptors (Lipinski definition) is 3. The Hall–Kier alpha value is -1.71. The summed E-state index contributed by atoms with van der Waals surface area (Å²) in [5.74, 6) is 0. The fourth-order valence-corrected chi connectivity index (χ4v) is 2.70. The number of nitrogens with zero attached hydrogens (tertiary/aromatic N) is 1. The van der Waals surface area contributed by atoms with Crippen LogP contribution < -0.4 is 5.32 Å². The molecule has 1 aromatic rings. The van der Waals surface area contributed by atoms with Crippen molar-refractivity contribution in [1.82, 2.24) is 4.90 Å². The molecule has 1 N–H and O–H groups in total. The molecule has 1 aliphatic heterocycles. The van der Waals surface area contributed by atoms with Gasteiger partial charge in [0.25, 0.3) is 0 Å². The highest BCUT2D eigenvalue weighted by Crippen LogP contribution is 2.22. The number of benzene rings is 1. The number of hydrogen-bond donors (Lipinski definition) is 1. The van der Waals surface area contributed by atoms with E-state index < -0.39 is 5.60 Å². The summed E-state index contributed by atoms with van der Waals surface area (Å²) in [6.07, 6.45) is 1.87. The molecule has 4 nitrogen and oxygen atoms in total. The standard InChI is InChI=1S/C18H28N2O2/c1-13-8-9-15(11-14(13)2)19-12-16-7-6-10-20(16)17(21)22-18(3,4)5/h8-9,11,16,19H,6-7,10,12H2,1-5H3. The Kier molecular flexibility index (Phi) is 4.99. The molecular formula is C18H28N2O2. The topological polar surface area (TPSA) is 41.6 Å². The molecule has 1 saturated heterocycles. The van der Waals surface area contributed by atoms with Crippen molar-refractivity contribution in [2.45, 2.75) is 59.1 Å².